The van der Waals surface area contributed by atoms with Crippen LogP contribution < -0.4 is 0 Å². The van der Waals surface area contributed by atoms with Crippen LogP contribution in [0.5, 0.6) is 11.5 Å². The van der Waals surface area contributed by atoms with E-state index >= 15 is 0 Å². The summed E-state index contributed by atoms with van der Waals surface area (Å²) in [7, 11) is 0. The van der Waals surface area contributed by atoms with Crippen LogP contribution in [0.1, 0.15) is 5.56 Å². The molecule has 3 heteroatoms. The first-order chi connectivity index (χ1) is 4.63. The van der Waals surface area contributed by atoms with Crippen LogP contribution in [0.2, 0.25) is 5.02 Å². The lowest BCUT2D eigenvalue weighted by Gasteiger charge is -2.01. The Kier molecular flexibility index (Phi) is 1.72. The molecule has 0 aliphatic carbocycles. The zero-order chi connectivity index (χ0) is 7.72. The summed E-state index contributed by atoms with van der Waals surface area (Å²) in [6.07, 6.45) is 0. The summed E-state index contributed by atoms with van der Waals surface area (Å²) in [4.78, 5) is 0. The van der Waals surface area contributed by atoms with Crippen LogP contribution in [-0.4, -0.2) is 10.2 Å². The molecule has 0 spiro atoms. The predicted octanol–water partition coefficient (Wildman–Crippen LogP) is 2.06. The predicted molar refractivity (Wildman–Crippen MR) is 39.5 cm³/mol. The number of benzene rings is 1. The molecule has 0 bridgehead atoms. The average Bonchev–Trinajstić information content (AvgIpc) is 1.93. The molecule has 0 radical (unpaired) electrons. The highest BCUT2D eigenvalue weighted by molar-refractivity contribution is 6.32. The van der Waals surface area contributed by atoms with Crippen LogP contribution in [0, 0.1) is 6.92 Å². The Balaban J connectivity index is 3.34. The van der Waals surface area contributed by atoms with Crippen molar-refractivity contribution in [2.75, 3.05) is 0 Å². The van der Waals surface area contributed by atoms with Gasteiger partial charge in [0, 0.05) is 5.56 Å². The third kappa shape index (κ3) is 1.02. The molecule has 0 fully saturated rings. The molecular formula is C7H7ClO2. The lowest BCUT2D eigenvalue weighted by molar-refractivity contribution is 0.443. The second kappa shape index (κ2) is 2.39. The standard InChI is InChI=1S/C7H7ClO2/c1-4-6(9)3-2-5(8)7(4)10/h2-3,9-10H,1H3. The molecule has 1 aromatic rings. The van der Waals surface area contributed by atoms with E-state index in [1.807, 2.05) is 0 Å². The molecule has 1 rings (SSSR count). The molecule has 2 nitrogen and oxygen atoms in total. The molecular weight excluding hydrogens is 152 g/mol. The molecule has 0 aliphatic heterocycles. The Morgan fingerprint density at radius 1 is 1.30 bits per heavy atom. The Morgan fingerprint density at radius 2 is 1.90 bits per heavy atom. The highest BCUT2D eigenvalue weighted by Crippen LogP contribution is 2.32. The summed E-state index contributed by atoms with van der Waals surface area (Å²) < 4.78 is 0. The summed E-state index contributed by atoms with van der Waals surface area (Å²) in [5.41, 5.74) is 0.410. The summed E-state index contributed by atoms with van der Waals surface area (Å²) in [6.45, 7) is 1.59. The number of halogens is 1. The van der Waals surface area contributed by atoms with Gasteiger partial charge in [0.2, 0.25) is 0 Å². The topological polar surface area (TPSA) is 40.5 Å². The van der Waals surface area contributed by atoms with Crippen LogP contribution >= 0.6 is 11.6 Å². The number of aromatic hydroxyl groups is 2. The fourth-order valence-electron chi connectivity index (χ4n) is 0.656. The van der Waals surface area contributed by atoms with Crippen molar-refractivity contribution >= 4 is 11.6 Å². The van der Waals surface area contributed by atoms with E-state index in [9.17, 15) is 0 Å². The van der Waals surface area contributed by atoms with E-state index in [-0.39, 0.29) is 16.5 Å². The Morgan fingerprint density at radius 3 is 2.40 bits per heavy atom. The van der Waals surface area contributed by atoms with Crippen molar-refractivity contribution in [3.05, 3.63) is 22.7 Å². The first-order valence-corrected chi connectivity index (χ1v) is 3.17. The van der Waals surface area contributed by atoms with Crippen LogP contribution in [0.4, 0.5) is 0 Å². The van der Waals surface area contributed by atoms with Gasteiger partial charge in [-0.15, -0.1) is 0 Å². The van der Waals surface area contributed by atoms with Gasteiger partial charge in [0.15, 0.2) is 0 Å². The molecule has 0 atom stereocenters. The number of hydrogen-bond donors (Lipinski definition) is 2. The van der Waals surface area contributed by atoms with Gasteiger partial charge in [0.05, 0.1) is 5.02 Å². The van der Waals surface area contributed by atoms with Gasteiger partial charge >= 0.3 is 0 Å². The summed E-state index contributed by atoms with van der Waals surface area (Å²) in [6, 6.07) is 2.89. The first kappa shape index (κ1) is 7.22. The molecule has 0 aliphatic rings. The second-order valence-corrected chi connectivity index (χ2v) is 2.45. The molecule has 0 amide bonds. The third-order valence-corrected chi connectivity index (χ3v) is 1.66. The SMILES string of the molecule is Cc1c(O)ccc(Cl)c1O. The van der Waals surface area contributed by atoms with Crippen molar-refractivity contribution in [3.8, 4) is 11.5 Å². The molecule has 10 heavy (non-hydrogen) atoms. The van der Waals surface area contributed by atoms with E-state index in [0.717, 1.165) is 0 Å². The van der Waals surface area contributed by atoms with Gasteiger partial charge in [-0.3, -0.25) is 0 Å². The Labute approximate surface area is 63.7 Å². The van der Waals surface area contributed by atoms with E-state index < -0.39 is 0 Å². The van der Waals surface area contributed by atoms with Crippen molar-refractivity contribution in [1.82, 2.24) is 0 Å². The maximum absolute atomic E-state index is 9.10. The van der Waals surface area contributed by atoms with Gasteiger partial charge in [-0.1, -0.05) is 11.6 Å². The van der Waals surface area contributed by atoms with Crippen molar-refractivity contribution in [3.63, 3.8) is 0 Å². The summed E-state index contributed by atoms with van der Waals surface area (Å²) in [5, 5.41) is 18.4. The van der Waals surface area contributed by atoms with E-state index in [2.05, 4.69) is 0 Å². The van der Waals surface area contributed by atoms with Gasteiger partial charge in [0.1, 0.15) is 11.5 Å². The monoisotopic (exact) mass is 158 g/mol. The molecule has 2 N–H and O–H groups in total. The van der Waals surface area contributed by atoms with E-state index in [4.69, 9.17) is 21.8 Å². The zero-order valence-corrected chi connectivity index (χ0v) is 6.18. The van der Waals surface area contributed by atoms with Crippen molar-refractivity contribution < 1.29 is 10.2 Å². The minimum absolute atomic E-state index is 0.0540. The highest BCUT2D eigenvalue weighted by atomic mass is 35.5. The van der Waals surface area contributed by atoms with Crippen molar-refractivity contribution in [1.29, 1.82) is 0 Å². The molecule has 0 saturated heterocycles. The molecule has 0 unspecified atom stereocenters. The van der Waals surface area contributed by atoms with Crippen LogP contribution in [0.15, 0.2) is 12.1 Å². The normalized spacial score (nSPS) is 9.80. The van der Waals surface area contributed by atoms with E-state index in [1.54, 1.807) is 6.92 Å². The van der Waals surface area contributed by atoms with Crippen molar-refractivity contribution in [2.24, 2.45) is 0 Å². The third-order valence-electron chi connectivity index (χ3n) is 1.35. The second-order valence-electron chi connectivity index (χ2n) is 2.04. The van der Waals surface area contributed by atoms with Crippen LogP contribution in [0.3, 0.4) is 0 Å². The average molecular weight is 159 g/mol. The minimum atomic E-state index is -0.0540. The minimum Gasteiger partial charge on any atom is -0.508 e. The zero-order valence-electron chi connectivity index (χ0n) is 5.43. The van der Waals surface area contributed by atoms with E-state index in [0.29, 0.717) is 5.56 Å². The Bertz CT molecular complexity index is 231. The van der Waals surface area contributed by atoms with Gasteiger partial charge in [-0.2, -0.15) is 0 Å². The lowest BCUT2D eigenvalue weighted by atomic mass is 10.2. The lowest BCUT2D eigenvalue weighted by Crippen LogP contribution is -1.76. The van der Waals surface area contributed by atoms with Gasteiger partial charge < -0.3 is 10.2 Å². The summed E-state index contributed by atoms with van der Waals surface area (Å²) in [5.74, 6) is 0.00330. The fraction of sp³-hybridized carbons (Fsp3) is 0.143. The van der Waals surface area contributed by atoms with Crippen molar-refractivity contribution in [2.45, 2.75) is 6.92 Å². The largest absolute Gasteiger partial charge is 0.508 e. The Hall–Kier alpha value is -0.890. The molecule has 0 saturated carbocycles. The number of rotatable bonds is 0. The van der Waals surface area contributed by atoms with Gasteiger partial charge in [-0.25, -0.2) is 0 Å². The molecule has 0 aromatic heterocycles. The smallest absolute Gasteiger partial charge is 0.140 e. The molecule has 0 heterocycles. The fourth-order valence-corrected chi connectivity index (χ4v) is 0.861. The highest BCUT2D eigenvalue weighted by Gasteiger charge is 2.04. The summed E-state index contributed by atoms with van der Waals surface area (Å²) >= 11 is 5.52. The molecule has 1 aromatic carbocycles. The first-order valence-electron chi connectivity index (χ1n) is 2.80. The van der Waals surface area contributed by atoms with E-state index in [1.165, 1.54) is 12.1 Å². The number of phenolic OH excluding ortho intramolecular Hbond substituents is 2. The maximum atomic E-state index is 9.10. The van der Waals surface area contributed by atoms with Crippen LogP contribution in [-0.2, 0) is 0 Å². The quantitative estimate of drug-likeness (QED) is 0.607. The number of phenols is 2. The maximum Gasteiger partial charge on any atom is 0.140 e. The van der Waals surface area contributed by atoms with Gasteiger partial charge in [-0.05, 0) is 19.1 Å². The van der Waals surface area contributed by atoms with Gasteiger partial charge in [0.25, 0.3) is 0 Å². The number of hydrogen-bond acceptors (Lipinski definition) is 2. The van der Waals surface area contributed by atoms with Crippen LogP contribution in [0.25, 0.3) is 0 Å². The molecule has 54 valence electrons.